The monoisotopic (exact) mass is 339 g/mol. The number of carbonyl (C=O) groups is 2. The molecule has 2 aromatic carbocycles. The summed E-state index contributed by atoms with van der Waals surface area (Å²) in [6.45, 7) is 0.267. The number of hydrogen-bond acceptors (Lipinski definition) is 6. The van der Waals surface area contributed by atoms with Crippen molar-refractivity contribution in [2.24, 2.45) is 0 Å². The smallest absolute Gasteiger partial charge is 0.347 e. The Labute approximate surface area is 143 Å². The van der Waals surface area contributed by atoms with Crippen molar-refractivity contribution >= 4 is 23.7 Å². The Morgan fingerprint density at radius 1 is 1.17 bits per heavy atom. The van der Waals surface area contributed by atoms with Crippen molar-refractivity contribution in [1.82, 2.24) is 0 Å². The molecule has 0 N–H and O–H groups in total. The van der Waals surface area contributed by atoms with E-state index in [-0.39, 0.29) is 6.61 Å². The molecule has 5 nitrogen and oxygen atoms in total. The fraction of sp³-hybridized carbons (Fsp3) is 0.167. The first-order valence-electron chi connectivity index (χ1n) is 7.32. The minimum atomic E-state index is -0.845. The van der Waals surface area contributed by atoms with Crippen molar-refractivity contribution in [3.63, 3.8) is 0 Å². The van der Waals surface area contributed by atoms with E-state index in [0.717, 1.165) is 4.90 Å². The van der Waals surface area contributed by atoms with E-state index in [9.17, 15) is 14.9 Å². The number of carbonyl (C=O) groups excluding carboxylic acids is 2. The van der Waals surface area contributed by atoms with Gasteiger partial charge < -0.3 is 9.47 Å². The molecule has 0 radical (unpaired) electrons. The molecular formula is C18H13NO4S. The van der Waals surface area contributed by atoms with E-state index in [0.29, 0.717) is 22.4 Å². The third kappa shape index (κ3) is 3.42. The van der Waals surface area contributed by atoms with Gasteiger partial charge in [-0.25, -0.2) is 9.59 Å². The van der Waals surface area contributed by atoms with Gasteiger partial charge in [0.1, 0.15) is 6.07 Å². The molecule has 0 bridgehead atoms. The maximum atomic E-state index is 12.4. The lowest BCUT2D eigenvalue weighted by Gasteiger charge is -2.12. The number of nitriles is 1. The van der Waals surface area contributed by atoms with Crippen molar-refractivity contribution < 1.29 is 19.1 Å². The van der Waals surface area contributed by atoms with Gasteiger partial charge >= 0.3 is 11.9 Å². The third-order valence-electron chi connectivity index (χ3n) is 3.47. The topological polar surface area (TPSA) is 76.4 Å². The molecule has 6 heteroatoms. The second-order valence-electron chi connectivity index (χ2n) is 5.06. The van der Waals surface area contributed by atoms with Gasteiger partial charge in [0, 0.05) is 16.2 Å². The summed E-state index contributed by atoms with van der Waals surface area (Å²) in [5.41, 5.74) is 0.889. The van der Waals surface area contributed by atoms with Gasteiger partial charge in [-0.3, -0.25) is 0 Å². The van der Waals surface area contributed by atoms with Gasteiger partial charge in [-0.05, 0) is 24.3 Å². The maximum absolute atomic E-state index is 12.4. The van der Waals surface area contributed by atoms with Crippen molar-refractivity contribution in [3.05, 3.63) is 59.7 Å². The van der Waals surface area contributed by atoms with Gasteiger partial charge in [0.2, 0.25) is 6.10 Å². The van der Waals surface area contributed by atoms with Crippen molar-refractivity contribution in [2.75, 3.05) is 6.61 Å². The first-order chi connectivity index (χ1) is 11.7. The minimum Gasteiger partial charge on any atom is -0.463 e. The second-order valence-corrected chi connectivity index (χ2v) is 6.14. The number of esters is 2. The highest BCUT2D eigenvalue weighted by Gasteiger charge is 2.31. The van der Waals surface area contributed by atoms with E-state index >= 15 is 0 Å². The van der Waals surface area contributed by atoms with E-state index in [1.54, 1.807) is 36.4 Å². The third-order valence-corrected chi connectivity index (χ3v) is 4.62. The molecular weight excluding hydrogens is 326 g/mol. The fourth-order valence-corrected chi connectivity index (χ4v) is 3.28. The molecule has 0 aliphatic carbocycles. The van der Waals surface area contributed by atoms with Crippen LogP contribution in [0.5, 0.6) is 0 Å². The van der Waals surface area contributed by atoms with Crippen molar-refractivity contribution in [2.45, 2.75) is 22.3 Å². The van der Waals surface area contributed by atoms with Crippen LogP contribution >= 0.6 is 11.8 Å². The van der Waals surface area contributed by atoms with E-state index in [1.165, 1.54) is 11.8 Å². The van der Waals surface area contributed by atoms with Crippen LogP contribution < -0.4 is 0 Å². The zero-order valence-electron chi connectivity index (χ0n) is 12.6. The lowest BCUT2D eigenvalue weighted by Crippen LogP contribution is -2.23. The molecule has 120 valence electrons. The number of ether oxygens (including phenoxy) is 2. The normalized spacial score (nSPS) is 16.3. The molecule has 2 aromatic rings. The molecule has 1 aliphatic rings. The van der Waals surface area contributed by atoms with Crippen LogP contribution in [-0.4, -0.2) is 24.6 Å². The first-order valence-corrected chi connectivity index (χ1v) is 8.14. The van der Waals surface area contributed by atoms with Crippen LogP contribution in [0.15, 0.2) is 58.3 Å². The molecule has 24 heavy (non-hydrogen) atoms. The average molecular weight is 339 g/mol. The molecule has 1 saturated heterocycles. The lowest BCUT2D eigenvalue weighted by molar-refractivity contribution is -0.145. The summed E-state index contributed by atoms with van der Waals surface area (Å²) in [6, 6.07) is 16.2. The summed E-state index contributed by atoms with van der Waals surface area (Å²) in [6.07, 6.45) is -0.473. The zero-order chi connectivity index (χ0) is 16.9. The number of benzene rings is 2. The van der Waals surface area contributed by atoms with Crippen molar-refractivity contribution in [1.29, 1.82) is 5.26 Å². The highest BCUT2D eigenvalue weighted by molar-refractivity contribution is 7.99. The Hall–Kier alpha value is -2.78. The van der Waals surface area contributed by atoms with Gasteiger partial charge in [0.25, 0.3) is 0 Å². The van der Waals surface area contributed by atoms with E-state index in [2.05, 4.69) is 6.07 Å². The Morgan fingerprint density at radius 2 is 1.88 bits per heavy atom. The zero-order valence-corrected chi connectivity index (χ0v) is 13.4. The molecule has 0 aromatic heterocycles. The summed E-state index contributed by atoms with van der Waals surface area (Å²) in [5, 5.41) is 9.19. The van der Waals surface area contributed by atoms with Gasteiger partial charge in [-0.2, -0.15) is 5.26 Å². The highest BCUT2D eigenvalue weighted by atomic mass is 32.2. The Balaban J connectivity index is 1.84. The van der Waals surface area contributed by atoms with Gasteiger partial charge in [-0.15, -0.1) is 0 Å². The fourth-order valence-electron chi connectivity index (χ4n) is 2.27. The van der Waals surface area contributed by atoms with E-state index in [4.69, 9.17) is 9.47 Å². The number of hydrogen-bond donors (Lipinski definition) is 0. The number of nitrogens with zero attached hydrogens (tertiary/aromatic N) is 1. The van der Waals surface area contributed by atoms with Crippen LogP contribution in [0, 0.1) is 11.3 Å². The lowest BCUT2D eigenvalue weighted by atomic mass is 10.2. The molecule has 0 saturated carbocycles. The highest BCUT2D eigenvalue weighted by Crippen LogP contribution is 2.33. The molecule has 1 heterocycles. The summed E-state index contributed by atoms with van der Waals surface area (Å²) >= 11 is 1.31. The van der Waals surface area contributed by atoms with Crippen LogP contribution in [0.4, 0.5) is 0 Å². The Bertz CT molecular complexity index is 828. The van der Waals surface area contributed by atoms with Crippen LogP contribution in [0.3, 0.4) is 0 Å². The molecule has 1 aliphatic heterocycles. The predicted octanol–water partition coefficient (Wildman–Crippen LogP) is 3.18. The Morgan fingerprint density at radius 3 is 2.58 bits per heavy atom. The van der Waals surface area contributed by atoms with Crippen molar-refractivity contribution in [3.8, 4) is 6.07 Å². The van der Waals surface area contributed by atoms with Gasteiger partial charge in [0.15, 0.2) is 0 Å². The molecule has 1 fully saturated rings. The van der Waals surface area contributed by atoms with Gasteiger partial charge in [0.05, 0.1) is 17.7 Å². The maximum Gasteiger partial charge on any atom is 0.347 e. The molecule has 0 amide bonds. The minimum absolute atomic E-state index is 0.267. The largest absolute Gasteiger partial charge is 0.463 e. The van der Waals surface area contributed by atoms with Crippen LogP contribution in [-0.2, 0) is 14.3 Å². The molecule has 3 rings (SSSR count). The summed E-state index contributed by atoms with van der Waals surface area (Å²) in [7, 11) is 0. The van der Waals surface area contributed by atoms with Crippen LogP contribution in [0.1, 0.15) is 22.3 Å². The second kappa shape index (κ2) is 7.20. The molecule has 1 atom stereocenters. The molecule has 1 unspecified atom stereocenters. The van der Waals surface area contributed by atoms with E-state index < -0.39 is 18.0 Å². The first kappa shape index (κ1) is 16.1. The SMILES string of the molecule is N#Cc1ccccc1Sc1ccccc1C(=O)OC1CCOC1=O. The number of cyclic esters (lactones) is 1. The van der Waals surface area contributed by atoms with Crippen LogP contribution in [0.25, 0.3) is 0 Å². The standard InChI is InChI=1S/C18H13NO4S/c19-11-12-5-1-3-7-15(12)24-16-8-4-2-6-13(16)17(20)23-14-9-10-22-18(14)21/h1-8,14H,9-10H2. The number of rotatable bonds is 4. The quantitative estimate of drug-likeness (QED) is 0.796. The average Bonchev–Trinajstić information content (AvgIpc) is 3.00. The predicted molar refractivity (Wildman–Crippen MR) is 86.5 cm³/mol. The molecule has 0 spiro atoms. The van der Waals surface area contributed by atoms with E-state index in [1.807, 2.05) is 12.1 Å². The summed E-state index contributed by atoms with van der Waals surface area (Å²) in [5.74, 6) is -1.08. The van der Waals surface area contributed by atoms with Crippen LogP contribution in [0.2, 0.25) is 0 Å². The summed E-state index contributed by atoms with van der Waals surface area (Å²) < 4.78 is 10.1. The summed E-state index contributed by atoms with van der Waals surface area (Å²) in [4.78, 5) is 25.3. The Kier molecular flexibility index (Phi) is 4.82. The van der Waals surface area contributed by atoms with Gasteiger partial charge in [-0.1, -0.05) is 36.0 Å².